The van der Waals surface area contributed by atoms with Gasteiger partial charge in [0.2, 0.25) is 0 Å². The molecule has 0 amide bonds. The van der Waals surface area contributed by atoms with Gasteiger partial charge in [-0.1, -0.05) is 0 Å². The highest BCUT2D eigenvalue weighted by molar-refractivity contribution is 5.76. The monoisotopic (exact) mass is 209 g/mol. The number of nitrogens with one attached hydrogen (secondary N) is 1. The van der Waals surface area contributed by atoms with Gasteiger partial charge in [-0.15, -0.1) is 0 Å². The van der Waals surface area contributed by atoms with Crippen molar-refractivity contribution in [3.8, 4) is 0 Å². The smallest absolute Gasteiger partial charge is 0.345 e. The summed E-state index contributed by atoms with van der Waals surface area (Å²) in [4.78, 5) is 11.1. The quantitative estimate of drug-likeness (QED) is 0.686. The van der Waals surface area contributed by atoms with Crippen LogP contribution in [0.25, 0.3) is 0 Å². The molecule has 4 nitrogen and oxygen atoms in total. The molecule has 0 aromatic carbocycles. The van der Waals surface area contributed by atoms with Gasteiger partial charge >= 0.3 is 12.6 Å². The third kappa shape index (κ3) is 3.19. The van der Waals surface area contributed by atoms with Crippen LogP contribution < -0.4 is 5.32 Å². The first-order valence-corrected chi connectivity index (χ1v) is 4.47. The summed E-state index contributed by atoms with van der Waals surface area (Å²) >= 11 is 0. The van der Waals surface area contributed by atoms with Gasteiger partial charge in [-0.05, 0) is 6.92 Å². The molecule has 0 unspecified atom stereocenters. The van der Waals surface area contributed by atoms with E-state index in [-0.39, 0.29) is 19.6 Å². The highest BCUT2D eigenvalue weighted by Gasteiger charge is 2.32. The molecule has 0 radical (unpaired) electrons. The molecule has 1 N–H and O–H groups in total. The Morgan fingerprint density at radius 1 is 1.64 bits per heavy atom. The topological polar surface area (TPSA) is 47.6 Å². The largest absolute Gasteiger partial charge is 0.465 e. The molecule has 14 heavy (non-hydrogen) atoms. The zero-order valence-corrected chi connectivity index (χ0v) is 7.83. The highest BCUT2D eigenvalue weighted by atomic mass is 19.3. The highest BCUT2D eigenvalue weighted by Crippen LogP contribution is 2.14. The number of carbonyl (C=O) groups excluding carboxylic acids is 1. The van der Waals surface area contributed by atoms with Crippen molar-refractivity contribution >= 4 is 5.97 Å². The van der Waals surface area contributed by atoms with Crippen molar-refractivity contribution in [2.24, 2.45) is 0 Å². The molecule has 1 fully saturated rings. The van der Waals surface area contributed by atoms with Gasteiger partial charge in [0.25, 0.3) is 0 Å². The second-order valence-electron chi connectivity index (χ2n) is 2.97. The fraction of sp³-hybridized carbons (Fsp3) is 0.875. The third-order valence-corrected chi connectivity index (χ3v) is 1.96. The van der Waals surface area contributed by atoms with Crippen LogP contribution in [0.2, 0.25) is 0 Å². The van der Waals surface area contributed by atoms with Crippen LogP contribution in [0.3, 0.4) is 0 Å². The van der Waals surface area contributed by atoms with Crippen LogP contribution in [0.4, 0.5) is 8.78 Å². The minimum absolute atomic E-state index is 0.239. The van der Waals surface area contributed by atoms with E-state index in [4.69, 9.17) is 4.74 Å². The molecule has 1 heterocycles. The molecular formula is C8H13F2NO3. The van der Waals surface area contributed by atoms with Crippen LogP contribution in [-0.4, -0.2) is 37.9 Å². The zero-order valence-electron chi connectivity index (χ0n) is 7.83. The van der Waals surface area contributed by atoms with E-state index in [9.17, 15) is 13.6 Å². The number of alkyl halides is 2. The molecular weight excluding hydrogens is 196 g/mol. The second kappa shape index (κ2) is 5.21. The van der Waals surface area contributed by atoms with E-state index >= 15 is 0 Å². The minimum Gasteiger partial charge on any atom is -0.465 e. The molecule has 1 rings (SSSR count). The van der Waals surface area contributed by atoms with Gasteiger partial charge in [-0.2, -0.15) is 8.78 Å². The van der Waals surface area contributed by atoms with Crippen molar-refractivity contribution < 1.29 is 23.0 Å². The van der Waals surface area contributed by atoms with Crippen molar-refractivity contribution in [1.29, 1.82) is 0 Å². The number of hydrogen-bond donors (Lipinski definition) is 1. The van der Waals surface area contributed by atoms with E-state index in [0.717, 1.165) is 0 Å². The van der Waals surface area contributed by atoms with Gasteiger partial charge in [0.05, 0.1) is 12.7 Å². The molecule has 0 aromatic rings. The minimum atomic E-state index is -2.79. The van der Waals surface area contributed by atoms with Crippen molar-refractivity contribution in [2.75, 3.05) is 13.2 Å². The van der Waals surface area contributed by atoms with Crippen molar-refractivity contribution in [1.82, 2.24) is 5.32 Å². The standard InChI is InChI=1S/C8H13F2NO3/c1-2-13-7(12)6-3-5(4-11-6)14-8(9)10/h5-6,8,11H,2-4H2,1H3/t5-,6-/m0/s1. The molecule has 2 atom stereocenters. The molecule has 0 aromatic heterocycles. The van der Waals surface area contributed by atoms with E-state index in [0.29, 0.717) is 0 Å². The summed E-state index contributed by atoms with van der Waals surface area (Å²) in [6, 6.07) is -0.515. The van der Waals surface area contributed by atoms with Crippen molar-refractivity contribution in [2.45, 2.75) is 32.1 Å². The molecule has 82 valence electrons. The van der Waals surface area contributed by atoms with E-state index in [1.807, 2.05) is 0 Å². The summed E-state index contributed by atoms with van der Waals surface area (Å²) in [6.45, 7) is -0.548. The first-order chi connectivity index (χ1) is 6.63. The normalized spacial score (nSPS) is 26.9. The van der Waals surface area contributed by atoms with Gasteiger partial charge in [0, 0.05) is 13.0 Å². The number of esters is 1. The number of ether oxygens (including phenoxy) is 2. The Balaban J connectivity index is 2.29. The van der Waals surface area contributed by atoms with E-state index in [2.05, 4.69) is 10.1 Å². The zero-order chi connectivity index (χ0) is 10.6. The molecule has 0 spiro atoms. The number of hydrogen-bond acceptors (Lipinski definition) is 4. The maximum atomic E-state index is 11.8. The van der Waals surface area contributed by atoms with Crippen LogP contribution in [-0.2, 0) is 14.3 Å². The lowest BCUT2D eigenvalue weighted by molar-refractivity contribution is -0.159. The Bertz CT molecular complexity index is 201. The van der Waals surface area contributed by atoms with Crippen molar-refractivity contribution in [3.05, 3.63) is 0 Å². The molecule has 6 heteroatoms. The van der Waals surface area contributed by atoms with Gasteiger partial charge in [-0.3, -0.25) is 4.79 Å². The average molecular weight is 209 g/mol. The summed E-state index contributed by atoms with van der Waals surface area (Å²) < 4.78 is 32.6. The summed E-state index contributed by atoms with van der Waals surface area (Å²) in [7, 11) is 0. The lowest BCUT2D eigenvalue weighted by Gasteiger charge is -2.09. The number of halogens is 2. The Labute approximate surface area is 80.6 Å². The molecule has 0 aliphatic carbocycles. The summed E-state index contributed by atoms with van der Waals surface area (Å²) in [5, 5.41) is 2.76. The predicted octanol–water partition coefficient (Wildman–Crippen LogP) is 0.519. The van der Waals surface area contributed by atoms with Crippen LogP contribution >= 0.6 is 0 Å². The van der Waals surface area contributed by atoms with Gasteiger partial charge < -0.3 is 14.8 Å². The molecule has 1 saturated heterocycles. The molecule has 1 aliphatic heterocycles. The summed E-state index contributed by atoms with van der Waals surface area (Å²) in [6.07, 6.45) is -0.368. The predicted molar refractivity (Wildman–Crippen MR) is 43.9 cm³/mol. The molecule has 0 saturated carbocycles. The van der Waals surface area contributed by atoms with Crippen LogP contribution in [0, 0.1) is 0 Å². The van der Waals surface area contributed by atoms with Gasteiger partial charge in [0.15, 0.2) is 0 Å². The maximum absolute atomic E-state index is 11.8. The van der Waals surface area contributed by atoms with Crippen LogP contribution in [0.1, 0.15) is 13.3 Å². The number of rotatable bonds is 4. The SMILES string of the molecule is CCOC(=O)[C@@H]1C[C@H](OC(F)F)CN1. The van der Waals surface area contributed by atoms with Crippen LogP contribution in [0.15, 0.2) is 0 Å². The summed E-state index contributed by atoms with van der Waals surface area (Å²) in [5.74, 6) is -0.409. The van der Waals surface area contributed by atoms with Crippen molar-refractivity contribution in [3.63, 3.8) is 0 Å². The Morgan fingerprint density at radius 2 is 2.36 bits per heavy atom. The lowest BCUT2D eigenvalue weighted by Crippen LogP contribution is -2.32. The molecule has 1 aliphatic rings. The van der Waals surface area contributed by atoms with E-state index < -0.39 is 24.7 Å². The first-order valence-electron chi connectivity index (χ1n) is 4.47. The van der Waals surface area contributed by atoms with Gasteiger partial charge in [-0.25, -0.2) is 0 Å². The lowest BCUT2D eigenvalue weighted by atomic mass is 10.2. The molecule has 0 bridgehead atoms. The van der Waals surface area contributed by atoms with Gasteiger partial charge in [0.1, 0.15) is 6.04 Å². The first kappa shape index (κ1) is 11.3. The fourth-order valence-electron chi connectivity index (χ4n) is 1.37. The van der Waals surface area contributed by atoms with Crippen LogP contribution in [0.5, 0.6) is 0 Å². The van der Waals surface area contributed by atoms with E-state index in [1.54, 1.807) is 6.92 Å². The average Bonchev–Trinajstić information content (AvgIpc) is 2.52. The van der Waals surface area contributed by atoms with E-state index in [1.165, 1.54) is 0 Å². The second-order valence-corrected chi connectivity index (χ2v) is 2.97. The number of carbonyl (C=O) groups is 1. The Hall–Kier alpha value is -0.750. The third-order valence-electron chi connectivity index (χ3n) is 1.96. The Morgan fingerprint density at radius 3 is 2.93 bits per heavy atom. The maximum Gasteiger partial charge on any atom is 0.345 e. The Kier molecular flexibility index (Phi) is 4.21. The summed E-state index contributed by atoms with van der Waals surface area (Å²) in [5.41, 5.74) is 0. The fourth-order valence-corrected chi connectivity index (χ4v) is 1.37.